The quantitative estimate of drug-likeness (QED) is 0.866. The molecule has 3 N–H and O–H groups in total. The van der Waals surface area contributed by atoms with Crippen LogP contribution in [0.25, 0.3) is 0 Å². The first-order valence-electron chi connectivity index (χ1n) is 10.7. The molecule has 3 heteroatoms. The lowest BCUT2D eigenvalue weighted by molar-refractivity contribution is -0.150. The molecule has 1 aromatic carbocycles. The lowest BCUT2D eigenvalue weighted by Gasteiger charge is -2.61. The monoisotopic (exact) mass is 352 g/mol. The topological polar surface area (TPSA) is 55.1 Å². The molecular weight excluding hydrogens is 320 g/mol. The van der Waals surface area contributed by atoms with Gasteiger partial charge in [0, 0.05) is 12.1 Å². The van der Waals surface area contributed by atoms with Crippen molar-refractivity contribution in [2.75, 3.05) is 0 Å². The molecule has 1 aromatic rings. The first-order chi connectivity index (χ1) is 12.6. The second kappa shape index (κ2) is 6.09. The number of nitrogens with one attached hydrogen (secondary N) is 1. The third-order valence-corrected chi connectivity index (χ3v) is 8.04. The lowest BCUT2D eigenvalue weighted by atomic mass is 9.42. The highest BCUT2D eigenvalue weighted by atomic mass is 16.2. The summed E-state index contributed by atoms with van der Waals surface area (Å²) in [6, 6.07) is 11.8. The van der Waals surface area contributed by atoms with Crippen LogP contribution in [0.1, 0.15) is 69.8 Å². The van der Waals surface area contributed by atoms with Gasteiger partial charge in [-0.15, -0.1) is 0 Å². The molecule has 5 saturated carbocycles. The third-order valence-electron chi connectivity index (χ3n) is 8.04. The summed E-state index contributed by atoms with van der Waals surface area (Å²) < 4.78 is 0. The van der Waals surface area contributed by atoms with Crippen molar-refractivity contribution in [2.45, 2.75) is 81.7 Å². The van der Waals surface area contributed by atoms with Crippen molar-refractivity contribution in [1.29, 1.82) is 0 Å². The van der Waals surface area contributed by atoms with Gasteiger partial charge in [-0.25, -0.2) is 0 Å². The highest BCUT2D eigenvalue weighted by molar-refractivity contribution is 5.83. The summed E-state index contributed by atoms with van der Waals surface area (Å²) in [6.07, 6.45) is 11.5. The lowest BCUT2D eigenvalue weighted by Crippen LogP contribution is -2.60. The Labute approximate surface area is 157 Å². The number of hydrogen-bond acceptors (Lipinski definition) is 2. The molecule has 4 bridgehead atoms. The van der Waals surface area contributed by atoms with Gasteiger partial charge in [-0.3, -0.25) is 4.79 Å². The molecule has 3 nitrogen and oxygen atoms in total. The van der Waals surface area contributed by atoms with Crippen LogP contribution in [0.4, 0.5) is 0 Å². The number of benzene rings is 1. The second-order valence-corrected chi connectivity index (χ2v) is 9.97. The Morgan fingerprint density at radius 3 is 2.27 bits per heavy atom. The van der Waals surface area contributed by atoms with Crippen molar-refractivity contribution < 1.29 is 4.79 Å². The van der Waals surface area contributed by atoms with E-state index in [1.54, 1.807) is 0 Å². The van der Waals surface area contributed by atoms with Crippen LogP contribution in [0.3, 0.4) is 0 Å². The molecule has 0 spiro atoms. The number of hydrogen-bond donors (Lipinski definition) is 2. The van der Waals surface area contributed by atoms with Gasteiger partial charge < -0.3 is 11.1 Å². The van der Waals surface area contributed by atoms with E-state index >= 15 is 0 Å². The van der Waals surface area contributed by atoms with E-state index in [2.05, 4.69) is 35.6 Å². The average Bonchev–Trinajstić information content (AvgIpc) is 2.63. The minimum Gasteiger partial charge on any atom is -0.353 e. The molecule has 5 aliphatic carbocycles. The highest BCUT2D eigenvalue weighted by Crippen LogP contribution is 2.65. The average molecular weight is 353 g/mol. The fraction of sp³-hybridized carbons (Fsp3) is 0.696. The minimum atomic E-state index is -0.112. The predicted octanol–water partition coefficient (Wildman–Crippen LogP) is 3.91. The summed E-state index contributed by atoms with van der Waals surface area (Å²) in [5.74, 6) is 1.84. The van der Waals surface area contributed by atoms with Gasteiger partial charge in [-0.2, -0.15) is 0 Å². The first kappa shape index (κ1) is 16.8. The molecule has 1 amide bonds. The number of nitrogens with two attached hydrogens (primary N) is 1. The van der Waals surface area contributed by atoms with Crippen molar-refractivity contribution in [3.8, 4) is 0 Å². The zero-order valence-corrected chi connectivity index (χ0v) is 15.8. The molecule has 26 heavy (non-hydrogen) atoms. The minimum absolute atomic E-state index is 0.112. The van der Waals surface area contributed by atoms with Gasteiger partial charge in [0.25, 0.3) is 0 Å². The van der Waals surface area contributed by atoms with Crippen LogP contribution in [0.15, 0.2) is 30.3 Å². The Morgan fingerprint density at radius 2 is 1.62 bits per heavy atom. The van der Waals surface area contributed by atoms with E-state index in [4.69, 9.17) is 5.73 Å². The first-order valence-corrected chi connectivity index (χ1v) is 10.7. The molecule has 0 radical (unpaired) electrons. The van der Waals surface area contributed by atoms with E-state index in [0.717, 1.165) is 56.8 Å². The number of carbonyl (C=O) groups is 1. The van der Waals surface area contributed by atoms with Gasteiger partial charge in [0.2, 0.25) is 5.91 Å². The Morgan fingerprint density at radius 1 is 0.962 bits per heavy atom. The molecule has 0 aliphatic heterocycles. The van der Waals surface area contributed by atoms with Gasteiger partial charge in [-0.05, 0) is 87.0 Å². The van der Waals surface area contributed by atoms with Crippen LogP contribution in [0.5, 0.6) is 0 Å². The van der Waals surface area contributed by atoms with Crippen molar-refractivity contribution >= 4 is 5.91 Å². The van der Waals surface area contributed by atoms with Crippen molar-refractivity contribution in [3.05, 3.63) is 35.9 Å². The van der Waals surface area contributed by atoms with Gasteiger partial charge in [0.15, 0.2) is 0 Å². The zero-order valence-electron chi connectivity index (χ0n) is 15.8. The second-order valence-electron chi connectivity index (χ2n) is 9.97. The summed E-state index contributed by atoms with van der Waals surface area (Å²) in [4.78, 5) is 13.5. The summed E-state index contributed by atoms with van der Waals surface area (Å²) >= 11 is 0. The molecule has 0 aromatic heterocycles. The molecule has 2 atom stereocenters. The number of carbonyl (C=O) groups excluding carboxylic acids is 1. The van der Waals surface area contributed by atoms with E-state index in [0.29, 0.717) is 18.0 Å². The van der Waals surface area contributed by atoms with Crippen molar-refractivity contribution in [2.24, 2.45) is 23.0 Å². The van der Waals surface area contributed by atoms with Crippen LogP contribution in [-0.2, 0) is 10.2 Å². The zero-order chi connectivity index (χ0) is 17.8. The Balaban J connectivity index is 1.39. The largest absolute Gasteiger partial charge is 0.353 e. The van der Waals surface area contributed by atoms with E-state index in [1.807, 2.05) is 0 Å². The SMILES string of the molecule is NC1CCC(NC(=O)C23CC4CC(C2)CC(c2ccccc2)(C4)C3)CC1. The van der Waals surface area contributed by atoms with Gasteiger partial charge in [-0.1, -0.05) is 30.3 Å². The van der Waals surface area contributed by atoms with Gasteiger partial charge in [0.05, 0.1) is 5.41 Å². The summed E-state index contributed by atoms with van der Waals surface area (Å²) in [5, 5.41) is 3.47. The highest BCUT2D eigenvalue weighted by Gasteiger charge is 2.61. The third kappa shape index (κ3) is 2.70. The Bertz CT molecular complexity index is 663. The number of amides is 1. The Hall–Kier alpha value is -1.35. The molecule has 0 heterocycles. The van der Waals surface area contributed by atoms with Crippen LogP contribution < -0.4 is 11.1 Å². The molecule has 2 unspecified atom stereocenters. The fourth-order valence-corrected chi connectivity index (χ4v) is 7.26. The molecule has 140 valence electrons. The molecule has 5 aliphatic rings. The van der Waals surface area contributed by atoms with Crippen LogP contribution in [-0.4, -0.2) is 18.0 Å². The molecule has 5 fully saturated rings. The van der Waals surface area contributed by atoms with E-state index in [-0.39, 0.29) is 10.8 Å². The van der Waals surface area contributed by atoms with Gasteiger partial charge >= 0.3 is 0 Å². The summed E-state index contributed by atoms with van der Waals surface area (Å²) in [5.41, 5.74) is 7.66. The van der Waals surface area contributed by atoms with E-state index in [1.165, 1.54) is 24.8 Å². The number of rotatable bonds is 3. The predicted molar refractivity (Wildman–Crippen MR) is 104 cm³/mol. The molecule has 6 rings (SSSR count). The molecule has 0 saturated heterocycles. The van der Waals surface area contributed by atoms with Gasteiger partial charge in [0.1, 0.15) is 0 Å². The van der Waals surface area contributed by atoms with Crippen molar-refractivity contribution in [1.82, 2.24) is 5.32 Å². The summed E-state index contributed by atoms with van der Waals surface area (Å²) in [7, 11) is 0. The smallest absolute Gasteiger partial charge is 0.226 e. The maximum atomic E-state index is 13.5. The molecular formula is C23H32N2O. The van der Waals surface area contributed by atoms with Crippen LogP contribution in [0, 0.1) is 17.3 Å². The Kier molecular flexibility index (Phi) is 3.93. The van der Waals surface area contributed by atoms with E-state index < -0.39 is 0 Å². The maximum Gasteiger partial charge on any atom is 0.226 e. The van der Waals surface area contributed by atoms with Crippen LogP contribution >= 0.6 is 0 Å². The fourth-order valence-electron chi connectivity index (χ4n) is 7.26. The normalized spacial score (nSPS) is 44.0. The van der Waals surface area contributed by atoms with E-state index in [9.17, 15) is 4.79 Å². The summed E-state index contributed by atoms with van der Waals surface area (Å²) in [6.45, 7) is 0. The maximum absolute atomic E-state index is 13.5. The standard InChI is InChI=1S/C23H32N2O/c24-19-6-8-20(9-7-19)25-21(26)23-13-16-10-17(14-23)12-22(11-16,15-23)18-4-2-1-3-5-18/h1-5,16-17,19-20H,6-15,24H2,(H,25,26). The van der Waals surface area contributed by atoms with Crippen molar-refractivity contribution in [3.63, 3.8) is 0 Å². The van der Waals surface area contributed by atoms with Crippen LogP contribution in [0.2, 0.25) is 0 Å².